The van der Waals surface area contributed by atoms with E-state index in [-0.39, 0.29) is 0 Å². The van der Waals surface area contributed by atoms with Crippen molar-refractivity contribution in [1.82, 2.24) is 5.32 Å². The molecule has 2 nitrogen and oxygen atoms in total. The van der Waals surface area contributed by atoms with Crippen molar-refractivity contribution < 1.29 is 4.74 Å². The molecule has 2 aliphatic rings. The number of rotatable bonds is 6. The Labute approximate surface area is 119 Å². The van der Waals surface area contributed by atoms with Crippen LogP contribution in [0.5, 0.6) is 0 Å². The smallest absolute Gasteiger partial charge is 0.0576 e. The molecule has 0 aromatic carbocycles. The molecule has 2 rings (SSSR count). The van der Waals surface area contributed by atoms with Gasteiger partial charge in [0.1, 0.15) is 0 Å². The molecule has 0 amide bonds. The fourth-order valence-electron chi connectivity index (χ4n) is 4.07. The van der Waals surface area contributed by atoms with Gasteiger partial charge in [-0.1, -0.05) is 13.8 Å². The molecule has 19 heavy (non-hydrogen) atoms. The van der Waals surface area contributed by atoms with Crippen LogP contribution in [0, 0.1) is 17.8 Å². The van der Waals surface area contributed by atoms with Crippen molar-refractivity contribution in [2.24, 2.45) is 17.8 Å². The lowest BCUT2D eigenvalue weighted by molar-refractivity contribution is 0.0942. The zero-order valence-corrected chi connectivity index (χ0v) is 13.2. The second kappa shape index (κ2) is 7.64. The maximum atomic E-state index is 5.76. The van der Waals surface area contributed by atoms with E-state index < -0.39 is 0 Å². The van der Waals surface area contributed by atoms with Gasteiger partial charge in [-0.05, 0) is 76.2 Å². The molecule has 1 aliphatic heterocycles. The van der Waals surface area contributed by atoms with Crippen LogP contribution in [0.1, 0.15) is 65.2 Å². The molecule has 1 saturated carbocycles. The SMILES string of the molecule is CNC(CCC1CCCO1)C1CCC(C(C)C)CC1. The average Bonchev–Trinajstić information content (AvgIpc) is 2.93. The number of hydrogen-bond acceptors (Lipinski definition) is 2. The average molecular weight is 267 g/mol. The normalized spacial score (nSPS) is 33.8. The lowest BCUT2D eigenvalue weighted by atomic mass is 9.74. The predicted octanol–water partition coefficient (Wildman–Crippen LogP) is 4.00. The van der Waals surface area contributed by atoms with E-state index in [4.69, 9.17) is 4.74 Å². The zero-order valence-electron chi connectivity index (χ0n) is 13.2. The van der Waals surface area contributed by atoms with Crippen molar-refractivity contribution in [3.05, 3.63) is 0 Å². The van der Waals surface area contributed by atoms with Crippen molar-refractivity contribution in [1.29, 1.82) is 0 Å². The highest BCUT2D eigenvalue weighted by Gasteiger charge is 2.28. The highest BCUT2D eigenvalue weighted by Crippen LogP contribution is 2.36. The second-order valence-corrected chi connectivity index (χ2v) is 7.03. The molecular formula is C17H33NO. The van der Waals surface area contributed by atoms with Gasteiger partial charge in [0.15, 0.2) is 0 Å². The molecule has 0 aromatic rings. The summed E-state index contributed by atoms with van der Waals surface area (Å²) in [7, 11) is 2.15. The van der Waals surface area contributed by atoms with Gasteiger partial charge in [-0.3, -0.25) is 0 Å². The summed E-state index contributed by atoms with van der Waals surface area (Å²) in [5.41, 5.74) is 0. The van der Waals surface area contributed by atoms with Crippen LogP contribution in [0.15, 0.2) is 0 Å². The molecule has 2 fully saturated rings. The standard InChI is InChI=1S/C17H33NO/c1-13(2)14-6-8-15(9-7-14)17(18-3)11-10-16-5-4-12-19-16/h13-18H,4-12H2,1-3H3. The molecule has 0 aromatic heterocycles. The maximum absolute atomic E-state index is 5.76. The molecule has 0 radical (unpaired) electrons. The molecule has 1 heterocycles. The first-order valence-corrected chi connectivity index (χ1v) is 8.49. The first kappa shape index (κ1) is 15.3. The Hall–Kier alpha value is -0.0800. The van der Waals surface area contributed by atoms with Crippen molar-refractivity contribution in [3.8, 4) is 0 Å². The van der Waals surface area contributed by atoms with E-state index in [0.29, 0.717) is 6.10 Å². The molecule has 2 heteroatoms. The van der Waals surface area contributed by atoms with Gasteiger partial charge in [0, 0.05) is 12.6 Å². The summed E-state index contributed by atoms with van der Waals surface area (Å²) in [6, 6.07) is 0.720. The molecule has 1 N–H and O–H groups in total. The van der Waals surface area contributed by atoms with E-state index >= 15 is 0 Å². The summed E-state index contributed by atoms with van der Waals surface area (Å²) >= 11 is 0. The summed E-state index contributed by atoms with van der Waals surface area (Å²) < 4.78 is 5.76. The summed E-state index contributed by atoms with van der Waals surface area (Å²) in [5, 5.41) is 3.58. The summed E-state index contributed by atoms with van der Waals surface area (Å²) in [5.74, 6) is 2.76. The predicted molar refractivity (Wildman–Crippen MR) is 81.3 cm³/mol. The molecule has 0 spiro atoms. The Morgan fingerprint density at radius 1 is 1.05 bits per heavy atom. The third-order valence-electron chi connectivity index (χ3n) is 5.52. The van der Waals surface area contributed by atoms with E-state index in [1.807, 2.05) is 0 Å². The summed E-state index contributed by atoms with van der Waals surface area (Å²) in [6.07, 6.45) is 11.4. The van der Waals surface area contributed by atoms with Crippen LogP contribution in [0.4, 0.5) is 0 Å². The Morgan fingerprint density at radius 3 is 2.26 bits per heavy atom. The van der Waals surface area contributed by atoms with Crippen LogP contribution >= 0.6 is 0 Å². The monoisotopic (exact) mass is 267 g/mol. The van der Waals surface area contributed by atoms with Gasteiger partial charge in [0.05, 0.1) is 6.10 Å². The fraction of sp³-hybridized carbons (Fsp3) is 1.00. The minimum Gasteiger partial charge on any atom is -0.378 e. The van der Waals surface area contributed by atoms with Gasteiger partial charge in [-0.15, -0.1) is 0 Å². The van der Waals surface area contributed by atoms with Gasteiger partial charge in [0.25, 0.3) is 0 Å². The van der Waals surface area contributed by atoms with Crippen molar-refractivity contribution in [2.75, 3.05) is 13.7 Å². The van der Waals surface area contributed by atoms with Crippen LogP contribution in [-0.4, -0.2) is 25.8 Å². The zero-order chi connectivity index (χ0) is 13.7. The van der Waals surface area contributed by atoms with E-state index in [1.54, 1.807) is 0 Å². The number of hydrogen-bond donors (Lipinski definition) is 1. The van der Waals surface area contributed by atoms with Crippen LogP contribution in [0.3, 0.4) is 0 Å². The Bertz CT molecular complexity index is 240. The van der Waals surface area contributed by atoms with E-state index in [2.05, 4.69) is 26.2 Å². The molecule has 2 unspecified atom stereocenters. The topological polar surface area (TPSA) is 21.3 Å². The van der Waals surface area contributed by atoms with Crippen LogP contribution < -0.4 is 5.32 Å². The third-order valence-corrected chi connectivity index (χ3v) is 5.52. The molecular weight excluding hydrogens is 234 g/mol. The van der Waals surface area contributed by atoms with Gasteiger partial charge in [-0.2, -0.15) is 0 Å². The number of nitrogens with one attached hydrogen (secondary N) is 1. The first-order valence-electron chi connectivity index (χ1n) is 8.49. The molecule has 1 saturated heterocycles. The molecule has 1 aliphatic carbocycles. The summed E-state index contributed by atoms with van der Waals surface area (Å²) in [6.45, 7) is 5.77. The second-order valence-electron chi connectivity index (χ2n) is 7.03. The minimum absolute atomic E-state index is 0.558. The van der Waals surface area contributed by atoms with Crippen LogP contribution in [0.25, 0.3) is 0 Å². The maximum Gasteiger partial charge on any atom is 0.0576 e. The van der Waals surface area contributed by atoms with Gasteiger partial charge < -0.3 is 10.1 Å². The van der Waals surface area contributed by atoms with Gasteiger partial charge in [0.2, 0.25) is 0 Å². The van der Waals surface area contributed by atoms with Crippen LogP contribution in [0.2, 0.25) is 0 Å². The van der Waals surface area contributed by atoms with E-state index in [0.717, 1.165) is 30.4 Å². The fourth-order valence-corrected chi connectivity index (χ4v) is 4.07. The number of ether oxygens (including phenoxy) is 1. The third kappa shape index (κ3) is 4.46. The van der Waals surface area contributed by atoms with E-state index in [9.17, 15) is 0 Å². The highest BCUT2D eigenvalue weighted by molar-refractivity contribution is 4.83. The first-order chi connectivity index (χ1) is 9.20. The Morgan fingerprint density at radius 2 is 1.74 bits per heavy atom. The van der Waals surface area contributed by atoms with Crippen molar-refractivity contribution >= 4 is 0 Å². The molecule has 0 bridgehead atoms. The Balaban J connectivity index is 1.72. The highest BCUT2D eigenvalue weighted by atomic mass is 16.5. The van der Waals surface area contributed by atoms with E-state index in [1.165, 1.54) is 51.4 Å². The van der Waals surface area contributed by atoms with Gasteiger partial charge >= 0.3 is 0 Å². The molecule has 112 valence electrons. The summed E-state index contributed by atoms with van der Waals surface area (Å²) in [4.78, 5) is 0. The molecule has 2 atom stereocenters. The van der Waals surface area contributed by atoms with Crippen LogP contribution in [-0.2, 0) is 4.74 Å². The van der Waals surface area contributed by atoms with Gasteiger partial charge in [-0.25, -0.2) is 0 Å². The van der Waals surface area contributed by atoms with Crippen molar-refractivity contribution in [3.63, 3.8) is 0 Å². The van der Waals surface area contributed by atoms with Crippen molar-refractivity contribution in [2.45, 2.75) is 77.4 Å². The quantitative estimate of drug-likeness (QED) is 0.785. The largest absolute Gasteiger partial charge is 0.378 e. The Kier molecular flexibility index (Phi) is 6.15. The lowest BCUT2D eigenvalue weighted by Crippen LogP contribution is -2.37. The lowest BCUT2D eigenvalue weighted by Gasteiger charge is -2.35. The minimum atomic E-state index is 0.558.